The lowest BCUT2D eigenvalue weighted by Gasteiger charge is -2.06. The van der Waals surface area contributed by atoms with Crippen molar-refractivity contribution in [3.63, 3.8) is 0 Å². The molecule has 564 valence electrons. The zero-order valence-electron chi connectivity index (χ0n) is 62.2. The highest BCUT2D eigenvalue weighted by Gasteiger charge is 2.32. The minimum atomic E-state index is -4.27. The average Bonchev–Trinajstić information content (AvgIpc) is 1.64. The Morgan fingerprint density at radius 2 is 0.817 bits per heavy atom. The first-order valence-corrected chi connectivity index (χ1v) is 41.7. The molecule has 0 amide bonds. The molecule has 8 aromatic heterocycles. The van der Waals surface area contributed by atoms with Crippen molar-refractivity contribution in [1.82, 2.24) is 9.13 Å². The van der Waals surface area contributed by atoms with Crippen LogP contribution in [-0.4, -0.2) is 24.7 Å². The number of methoxy groups -OCH3 is 1. The number of benzene rings is 9. The van der Waals surface area contributed by atoms with Crippen LogP contribution in [0.15, 0.2) is 225 Å². The van der Waals surface area contributed by atoms with Crippen LogP contribution in [0.25, 0.3) is 87.9 Å². The maximum Gasteiger partial charge on any atom is 0.416 e. The lowest BCUT2D eigenvalue weighted by molar-refractivity contribution is -0.138. The van der Waals surface area contributed by atoms with E-state index in [1.165, 1.54) is 137 Å². The van der Waals surface area contributed by atoms with Crippen molar-refractivity contribution < 1.29 is 43.9 Å². The minimum absolute atomic E-state index is 0.154. The summed E-state index contributed by atoms with van der Waals surface area (Å²) in [5, 5.41) is 24.8. The summed E-state index contributed by atoms with van der Waals surface area (Å²) in [5.74, 6) is 0.757. The van der Waals surface area contributed by atoms with Crippen molar-refractivity contribution in [1.29, 1.82) is 0 Å². The van der Waals surface area contributed by atoms with Gasteiger partial charge in [0.25, 0.3) is 0 Å². The maximum atomic E-state index is 12.7. The fourth-order valence-electron chi connectivity index (χ4n) is 12.3. The number of sulfone groups is 1. The summed E-state index contributed by atoms with van der Waals surface area (Å²) >= 11 is 22.0. The Morgan fingerprint density at radius 3 is 1.38 bits per heavy atom. The Balaban J connectivity index is 0.000000131. The Kier molecular flexibility index (Phi) is 27.1. The number of rotatable bonds is 1. The first kappa shape index (κ1) is 82.9. The maximum absolute atomic E-state index is 12.7. The molecule has 0 saturated heterocycles. The number of hydrogen-bond donors (Lipinski definition) is 0. The molecular weight excluding hydrogens is 1560 g/mol. The van der Waals surface area contributed by atoms with Crippen molar-refractivity contribution >= 4 is 189 Å². The molecule has 0 spiro atoms. The van der Waals surface area contributed by atoms with Gasteiger partial charge in [-0.25, -0.2) is 12.8 Å². The Labute approximate surface area is 664 Å². The van der Waals surface area contributed by atoms with E-state index in [1.807, 2.05) is 96.0 Å². The van der Waals surface area contributed by atoms with Crippen LogP contribution in [0.3, 0.4) is 0 Å². The van der Waals surface area contributed by atoms with E-state index in [0.29, 0.717) is 26.4 Å². The van der Waals surface area contributed by atoms with Crippen molar-refractivity contribution in [2.24, 2.45) is 14.1 Å². The molecule has 0 unspecified atom stereocenters. The molecule has 5 nitrogen and oxygen atoms in total. The number of aryl methyl sites for hydroxylation is 12. The van der Waals surface area contributed by atoms with Crippen LogP contribution in [-0.2, 0) is 36.3 Å². The van der Waals surface area contributed by atoms with E-state index in [4.69, 9.17) is 27.9 Å². The first-order chi connectivity index (χ1) is 51.6. The molecule has 0 atom stereocenters. The molecule has 18 rings (SSSR count). The van der Waals surface area contributed by atoms with Crippen LogP contribution in [0.1, 0.15) is 79.2 Å². The Bertz CT molecular complexity index is 6030. The van der Waals surface area contributed by atoms with Gasteiger partial charge in [0.05, 0.1) is 28.6 Å². The lowest BCUT2D eigenvalue weighted by Crippen LogP contribution is -2.04. The summed E-state index contributed by atoms with van der Waals surface area (Å²) in [5.41, 5.74) is 14.7. The number of alkyl halides is 6. The van der Waals surface area contributed by atoms with Crippen molar-refractivity contribution in [3.8, 4) is 5.75 Å². The van der Waals surface area contributed by atoms with Crippen molar-refractivity contribution in [3.05, 3.63) is 308 Å². The number of thiophene rings is 6. The van der Waals surface area contributed by atoms with Crippen LogP contribution in [0, 0.1) is 75.1 Å². The number of ether oxygens (including phenoxy) is 1. The van der Waals surface area contributed by atoms with Gasteiger partial charge in [-0.3, -0.25) is 0 Å². The van der Waals surface area contributed by atoms with E-state index in [2.05, 4.69) is 167 Å². The zero-order valence-corrected chi connectivity index (χ0v) is 69.5. The summed E-state index contributed by atoms with van der Waals surface area (Å²) in [4.78, 5) is 0.356. The van der Waals surface area contributed by atoms with Gasteiger partial charge < -0.3 is 13.9 Å². The number of aromatic nitrogens is 2. The average molecular weight is 1640 g/mol. The highest BCUT2D eigenvalue weighted by atomic mass is 35.5. The summed E-state index contributed by atoms with van der Waals surface area (Å²) in [6.07, 6.45) is -4.57. The second kappa shape index (κ2) is 35.6. The Morgan fingerprint density at radius 1 is 0.385 bits per heavy atom. The van der Waals surface area contributed by atoms with Crippen molar-refractivity contribution in [2.45, 2.75) is 93.4 Å². The molecule has 0 saturated carbocycles. The summed E-state index contributed by atoms with van der Waals surface area (Å²) < 4.78 is 127. The molecule has 1 aliphatic heterocycles. The van der Waals surface area contributed by atoms with E-state index in [9.17, 15) is 39.2 Å². The van der Waals surface area contributed by atoms with Gasteiger partial charge in [0.15, 0.2) is 0 Å². The molecule has 0 aliphatic carbocycles. The highest BCUT2D eigenvalue weighted by Crippen LogP contribution is 2.38. The fraction of sp³-hybridized carbons (Fsp3) is 0.182. The molecule has 1 aliphatic rings. The van der Waals surface area contributed by atoms with Crippen LogP contribution in [0.2, 0.25) is 10.0 Å². The molecule has 17 aromatic rings. The molecular formula is C88H79Cl2F7N2O3S7. The van der Waals surface area contributed by atoms with Gasteiger partial charge in [0, 0.05) is 92.5 Å². The monoisotopic (exact) mass is 1640 g/mol. The third-order valence-corrected chi connectivity index (χ3v) is 26.6. The predicted octanol–water partition coefficient (Wildman–Crippen LogP) is 30.2. The van der Waals surface area contributed by atoms with E-state index in [0.717, 1.165) is 65.3 Å². The Hall–Kier alpha value is -8.60. The van der Waals surface area contributed by atoms with E-state index in [1.54, 1.807) is 72.6 Å². The van der Waals surface area contributed by atoms with Gasteiger partial charge >= 0.3 is 12.4 Å². The SMILES string of the molecule is CC1=CS(=O)(=O)c2ccc(Cl)cc21.COc1ccc2c(C)cn(C)c2c1.Cc1ccc2scc(C)c2c1.Cc1cccc2scc(C)c12.Cc1cn(C)c2cc(C(F)(F)F)ccc12.Cc1csc2ccc(C(F)(F)F)cc12.Cc1csc2ccc(Cl)cc12.Cc1csc2ccc(F)cc12.Cc1csc2ccccc12. The van der Waals surface area contributed by atoms with E-state index >= 15 is 0 Å². The minimum Gasteiger partial charge on any atom is -0.497 e. The van der Waals surface area contributed by atoms with Crippen LogP contribution in [0.5, 0.6) is 5.75 Å². The van der Waals surface area contributed by atoms with Gasteiger partial charge in [-0.15, -0.1) is 68.0 Å². The number of allylic oxidation sites excluding steroid dienone is 1. The normalized spacial score (nSPS) is 12.0. The number of fused-ring (bicyclic) bond motifs is 9. The van der Waals surface area contributed by atoms with Crippen LogP contribution < -0.4 is 4.74 Å². The number of halogens is 9. The smallest absolute Gasteiger partial charge is 0.416 e. The number of hydrogen-bond acceptors (Lipinski definition) is 9. The summed E-state index contributed by atoms with van der Waals surface area (Å²) in [6.45, 7) is 22.5. The molecule has 9 aromatic carbocycles. The van der Waals surface area contributed by atoms with Gasteiger partial charge in [-0.2, -0.15) is 26.3 Å². The highest BCUT2D eigenvalue weighted by molar-refractivity contribution is 7.95. The largest absolute Gasteiger partial charge is 0.497 e. The van der Waals surface area contributed by atoms with Gasteiger partial charge in [-0.05, 0) is 317 Å². The molecule has 21 heteroatoms. The molecule has 0 fully saturated rings. The molecule has 0 radical (unpaired) electrons. The standard InChI is InChI=1S/C11H10F3N.C11H13NO.C10H7F3S.2C10H10S.C9H7ClO2S.C9H7ClS.C9H7FS.C9H8S/c1-7-6-15(2)10-5-8(11(12,13)14)3-4-9(7)10;1-8-7-12(2)11-6-9(13-3)4-5-10(8)11;1-6-5-14-9-3-2-7(4-8(6)9)10(11,12)13;1-7-3-4-10-9(5-7)8(2)6-11-10;1-7-4-3-5-9-10(7)8(2)6-11-9;1-6-5-13(11,12)9-3-2-7(10)4-8(6)9;2*1-6-5-11-9-3-2-7(10)4-8(6)9;1-7-6-10-9-5-3-2-4-8(7)9/h3-6H,1-2H3;4-7H,1-3H3;2-5H,1H3;2*3-6H,1-2H3;2-5H,1H3;2*2-5H,1H3;2-6H,1H3. The third-order valence-electron chi connectivity index (χ3n) is 18.1. The van der Waals surface area contributed by atoms with Gasteiger partial charge in [-0.1, -0.05) is 77.3 Å². The van der Waals surface area contributed by atoms with E-state index < -0.39 is 33.3 Å². The lowest BCUT2D eigenvalue weighted by atomic mass is 10.1. The second-order valence-electron chi connectivity index (χ2n) is 26.4. The topological polar surface area (TPSA) is 53.2 Å². The molecule has 109 heavy (non-hydrogen) atoms. The first-order valence-electron chi connectivity index (χ1n) is 34.2. The van der Waals surface area contributed by atoms with Crippen LogP contribution in [0.4, 0.5) is 30.7 Å². The van der Waals surface area contributed by atoms with Crippen LogP contribution >= 0.6 is 91.2 Å². The number of nitrogens with zero attached hydrogens (tertiary/aromatic N) is 2. The molecule has 0 N–H and O–H groups in total. The van der Waals surface area contributed by atoms with Crippen molar-refractivity contribution in [2.75, 3.05) is 7.11 Å². The summed E-state index contributed by atoms with van der Waals surface area (Å²) in [6, 6.07) is 51.1. The fourth-order valence-corrected chi connectivity index (χ4v) is 19.8. The second-order valence-corrected chi connectivity index (χ2v) is 34.5. The van der Waals surface area contributed by atoms with E-state index in [-0.39, 0.29) is 5.82 Å². The molecule has 9 heterocycles. The quantitative estimate of drug-likeness (QED) is 0.154. The van der Waals surface area contributed by atoms with Gasteiger partial charge in [0.1, 0.15) is 11.6 Å². The summed E-state index contributed by atoms with van der Waals surface area (Å²) in [7, 11) is 2.30. The molecule has 0 bridgehead atoms. The van der Waals surface area contributed by atoms with Gasteiger partial charge in [0.2, 0.25) is 9.84 Å². The predicted molar refractivity (Wildman–Crippen MR) is 458 cm³/mol. The zero-order chi connectivity index (χ0) is 79.0. The third kappa shape index (κ3) is 20.5.